The van der Waals surface area contributed by atoms with Gasteiger partial charge in [0, 0.05) is 5.39 Å². The third-order valence-corrected chi connectivity index (χ3v) is 7.13. The van der Waals surface area contributed by atoms with E-state index < -0.39 is 0 Å². The number of H-pyrrole nitrogens is 1. The number of thioether (sulfide) groups is 1. The van der Waals surface area contributed by atoms with E-state index in [9.17, 15) is 9.59 Å². The van der Waals surface area contributed by atoms with Crippen molar-refractivity contribution >= 4 is 44.7 Å². The van der Waals surface area contributed by atoms with Crippen molar-refractivity contribution < 1.29 is 4.42 Å². The minimum Gasteiger partial charge on any atom is -0.449 e. The smallest absolute Gasteiger partial charge is 0.294 e. The molecule has 0 radical (unpaired) electrons. The summed E-state index contributed by atoms with van der Waals surface area (Å²) in [5, 5.41) is 1.87. The van der Waals surface area contributed by atoms with Crippen LogP contribution in [0.1, 0.15) is 17.0 Å². The fourth-order valence-electron chi connectivity index (χ4n) is 4.25. The predicted molar refractivity (Wildman–Crippen MR) is 139 cm³/mol. The predicted octanol–water partition coefficient (Wildman–Crippen LogP) is 5.28. The van der Waals surface area contributed by atoms with Crippen molar-refractivity contribution in [2.45, 2.75) is 24.8 Å². The summed E-state index contributed by atoms with van der Waals surface area (Å²) < 4.78 is 7.35. The number of benzene rings is 3. The number of para-hydroxylation sites is 2. The molecule has 0 saturated heterocycles. The van der Waals surface area contributed by atoms with Gasteiger partial charge in [0.25, 0.3) is 11.1 Å². The van der Waals surface area contributed by atoms with Crippen molar-refractivity contribution in [3.05, 3.63) is 104 Å². The molecule has 0 atom stereocenters. The van der Waals surface area contributed by atoms with Crippen LogP contribution in [0, 0.1) is 13.8 Å². The molecule has 0 aliphatic carbocycles. The first kappa shape index (κ1) is 21.4. The zero-order valence-corrected chi connectivity index (χ0v) is 19.8. The number of nitrogens with zero attached hydrogens (tertiary/aromatic N) is 3. The summed E-state index contributed by atoms with van der Waals surface area (Å²) in [6, 6.07) is 20.6. The van der Waals surface area contributed by atoms with E-state index >= 15 is 0 Å². The van der Waals surface area contributed by atoms with Crippen LogP contribution in [0.4, 0.5) is 0 Å². The van der Waals surface area contributed by atoms with E-state index in [-0.39, 0.29) is 16.7 Å². The molecule has 3 heterocycles. The number of furan rings is 1. The van der Waals surface area contributed by atoms with Crippen molar-refractivity contribution in [2.24, 2.45) is 0 Å². The molecule has 172 valence electrons. The molecule has 0 aliphatic rings. The van der Waals surface area contributed by atoms with Gasteiger partial charge in [-0.3, -0.25) is 14.2 Å². The number of fused-ring (bicyclic) bond motifs is 4. The van der Waals surface area contributed by atoms with Gasteiger partial charge in [-0.1, -0.05) is 48.2 Å². The van der Waals surface area contributed by atoms with E-state index in [0.29, 0.717) is 38.7 Å². The maximum absolute atomic E-state index is 13.6. The van der Waals surface area contributed by atoms with Gasteiger partial charge in [0.2, 0.25) is 5.58 Å². The van der Waals surface area contributed by atoms with Crippen molar-refractivity contribution in [3.8, 4) is 5.69 Å². The Morgan fingerprint density at radius 2 is 1.69 bits per heavy atom. The first-order valence-corrected chi connectivity index (χ1v) is 12.1. The molecule has 0 amide bonds. The number of hydrogen-bond acceptors (Lipinski definition) is 6. The molecule has 0 bridgehead atoms. The summed E-state index contributed by atoms with van der Waals surface area (Å²) in [6.07, 6.45) is 0. The third-order valence-electron chi connectivity index (χ3n) is 6.18. The van der Waals surface area contributed by atoms with E-state index in [2.05, 4.69) is 9.97 Å². The van der Waals surface area contributed by atoms with Crippen LogP contribution in [0.3, 0.4) is 0 Å². The number of aryl methyl sites for hydroxylation is 1. The summed E-state index contributed by atoms with van der Waals surface area (Å²) in [5.74, 6) is 0.800. The average molecular weight is 481 g/mol. The van der Waals surface area contributed by atoms with Crippen LogP contribution < -0.4 is 11.1 Å². The maximum Gasteiger partial charge on any atom is 0.294 e. The van der Waals surface area contributed by atoms with E-state index in [0.717, 1.165) is 22.2 Å². The Labute approximate surface area is 203 Å². The zero-order chi connectivity index (χ0) is 24.1. The SMILES string of the molecule is Cc1cccc(-n2c(SCc3nc4c(oc5ccccc54)c(=O)[nH]3)nc3ccccc3c2=O)c1C. The van der Waals surface area contributed by atoms with Crippen LogP contribution in [-0.2, 0) is 5.75 Å². The lowest BCUT2D eigenvalue weighted by Gasteiger charge is -2.16. The summed E-state index contributed by atoms with van der Waals surface area (Å²) in [4.78, 5) is 38.6. The third kappa shape index (κ3) is 3.54. The minimum absolute atomic E-state index is 0.135. The Morgan fingerprint density at radius 1 is 0.914 bits per heavy atom. The largest absolute Gasteiger partial charge is 0.449 e. The highest BCUT2D eigenvalue weighted by molar-refractivity contribution is 7.98. The van der Waals surface area contributed by atoms with E-state index in [1.54, 1.807) is 10.6 Å². The standard InChI is InChI=1S/C27H20N4O3S/c1-15-8-7-12-20(16(15)2)31-26(33)17-9-3-5-11-19(17)28-27(31)35-14-22-29-23-18-10-4-6-13-21(18)34-24(23)25(32)30-22/h3-13H,14H2,1-2H3,(H,29,30,32). The van der Waals surface area contributed by atoms with Gasteiger partial charge in [0.15, 0.2) is 5.16 Å². The van der Waals surface area contributed by atoms with Gasteiger partial charge in [0.05, 0.1) is 22.3 Å². The van der Waals surface area contributed by atoms with Crippen LogP contribution in [-0.4, -0.2) is 19.5 Å². The van der Waals surface area contributed by atoms with Crippen molar-refractivity contribution in [3.63, 3.8) is 0 Å². The summed E-state index contributed by atoms with van der Waals surface area (Å²) in [7, 11) is 0. The quantitative estimate of drug-likeness (QED) is 0.273. The van der Waals surface area contributed by atoms with Gasteiger partial charge >= 0.3 is 0 Å². The molecule has 6 aromatic rings. The number of aromatic amines is 1. The molecule has 0 aliphatic heterocycles. The molecule has 7 nitrogen and oxygen atoms in total. The van der Waals surface area contributed by atoms with Crippen molar-refractivity contribution in [1.82, 2.24) is 19.5 Å². The molecule has 1 N–H and O–H groups in total. The second-order valence-corrected chi connectivity index (χ2v) is 9.29. The van der Waals surface area contributed by atoms with E-state index in [1.807, 2.05) is 74.5 Å². The number of aromatic nitrogens is 4. The fourth-order valence-corrected chi connectivity index (χ4v) is 5.12. The number of nitrogens with one attached hydrogen (secondary N) is 1. The second-order valence-electron chi connectivity index (χ2n) is 8.35. The molecule has 8 heteroatoms. The summed E-state index contributed by atoms with van der Waals surface area (Å²) in [6.45, 7) is 4.02. The molecule has 3 aromatic heterocycles. The Hall–Kier alpha value is -4.17. The Bertz CT molecular complexity index is 1880. The van der Waals surface area contributed by atoms with Gasteiger partial charge < -0.3 is 9.40 Å². The Balaban J connectivity index is 1.49. The molecule has 0 spiro atoms. The normalized spacial score (nSPS) is 11.6. The van der Waals surface area contributed by atoms with E-state index in [1.165, 1.54) is 11.8 Å². The van der Waals surface area contributed by atoms with Crippen LogP contribution in [0.15, 0.2) is 85.9 Å². The second kappa shape index (κ2) is 8.25. The van der Waals surface area contributed by atoms with Crippen LogP contribution >= 0.6 is 11.8 Å². The lowest BCUT2D eigenvalue weighted by atomic mass is 10.1. The molecular formula is C27H20N4O3S. The molecule has 0 unspecified atom stereocenters. The summed E-state index contributed by atoms with van der Waals surface area (Å²) >= 11 is 1.35. The molecule has 0 fully saturated rings. The topological polar surface area (TPSA) is 93.8 Å². The molecule has 3 aromatic carbocycles. The van der Waals surface area contributed by atoms with Crippen LogP contribution in [0.2, 0.25) is 0 Å². The van der Waals surface area contributed by atoms with E-state index in [4.69, 9.17) is 9.40 Å². The molecule has 35 heavy (non-hydrogen) atoms. The van der Waals surface area contributed by atoms with Gasteiger partial charge in [-0.05, 0) is 55.3 Å². The lowest BCUT2D eigenvalue weighted by molar-refractivity contribution is 0.660. The van der Waals surface area contributed by atoms with Gasteiger partial charge in [-0.2, -0.15) is 0 Å². The Morgan fingerprint density at radius 3 is 2.54 bits per heavy atom. The first-order valence-electron chi connectivity index (χ1n) is 11.1. The van der Waals surface area contributed by atoms with Crippen molar-refractivity contribution in [1.29, 1.82) is 0 Å². The monoisotopic (exact) mass is 480 g/mol. The van der Waals surface area contributed by atoms with Gasteiger partial charge in [-0.15, -0.1) is 0 Å². The average Bonchev–Trinajstić information content (AvgIpc) is 3.24. The molecule has 0 saturated carbocycles. The highest BCUT2D eigenvalue weighted by Crippen LogP contribution is 2.28. The van der Waals surface area contributed by atoms with Gasteiger partial charge in [-0.25, -0.2) is 9.97 Å². The van der Waals surface area contributed by atoms with Crippen LogP contribution in [0.25, 0.3) is 38.7 Å². The number of hydrogen-bond donors (Lipinski definition) is 1. The highest BCUT2D eigenvalue weighted by atomic mass is 32.2. The fraction of sp³-hybridized carbons (Fsp3) is 0.111. The lowest BCUT2D eigenvalue weighted by Crippen LogP contribution is -2.23. The Kier molecular flexibility index (Phi) is 5.04. The van der Waals surface area contributed by atoms with Crippen LogP contribution in [0.5, 0.6) is 0 Å². The highest BCUT2D eigenvalue weighted by Gasteiger charge is 2.17. The minimum atomic E-state index is -0.333. The van der Waals surface area contributed by atoms with Crippen molar-refractivity contribution in [2.75, 3.05) is 0 Å². The zero-order valence-electron chi connectivity index (χ0n) is 19.0. The number of rotatable bonds is 4. The maximum atomic E-state index is 13.6. The first-order chi connectivity index (χ1) is 17.0. The molecular weight excluding hydrogens is 460 g/mol. The molecule has 6 rings (SSSR count). The summed E-state index contributed by atoms with van der Waals surface area (Å²) in [5.41, 5.74) is 4.38. The van der Waals surface area contributed by atoms with Gasteiger partial charge in [0.1, 0.15) is 16.9 Å².